The topological polar surface area (TPSA) is 40.5 Å². The standard InChI is InChI=1S/C13H19FO2/c1-3-13(16,4-2)12(15)9-10-7-5-6-8-11(10)14/h5-8,12,15-16H,3-4,9H2,1-2H3. The van der Waals surface area contributed by atoms with E-state index in [0.29, 0.717) is 18.4 Å². The maximum absolute atomic E-state index is 13.4. The van der Waals surface area contributed by atoms with Gasteiger partial charge in [0.2, 0.25) is 0 Å². The Hall–Kier alpha value is -0.930. The van der Waals surface area contributed by atoms with Gasteiger partial charge < -0.3 is 10.2 Å². The first-order valence-corrected chi connectivity index (χ1v) is 5.67. The Morgan fingerprint density at radius 2 is 1.81 bits per heavy atom. The van der Waals surface area contributed by atoms with Gasteiger partial charge in [-0.1, -0.05) is 32.0 Å². The molecule has 1 aromatic carbocycles. The van der Waals surface area contributed by atoms with E-state index in [1.807, 2.05) is 13.8 Å². The Morgan fingerprint density at radius 1 is 1.25 bits per heavy atom. The van der Waals surface area contributed by atoms with Crippen LogP contribution in [-0.4, -0.2) is 21.9 Å². The van der Waals surface area contributed by atoms with Crippen molar-refractivity contribution in [2.45, 2.75) is 44.8 Å². The molecule has 90 valence electrons. The second-order valence-electron chi connectivity index (χ2n) is 4.12. The molecule has 0 aromatic heterocycles. The van der Waals surface area contributed by atoms with E-state index >= 15 is 0 Å². The molecule has 16 heavy (non-hydrogen) atoms. The van der Waals surface area contributed by atoms with Crippen LogP contribution in [0.25, 0.3) is 0 Å². The molecule has 0 aliphatic heterocycles. The fraction of sp³-hybridized carbons (Fsp3) is 0.538. The fourth-order valence-electron chi connectivity index (χ4n) is 1.78. The van der Waals surface area contributed by atoms with Crippen LogP contribution in [0.3, 0.4) is 0 Å². The number of benzene rings is 1. The SMILES string of the molecule is CCC(O)(CC)C(O)Cc1ccccc1F. The Labute approximate surface area is 95.7 Å². The molecule has 0 amide bonds. The monoisotopic (exact) mass is 226 g/mol. The summed E-state index contributed by atoms with van der Waals surface area (Å²) in [6.07, 6.45) is 0.128. The van der Waals surface area contributed by atoms with E-state index in [9.17, 15) is 14.6 Å². The van der Waals surface area contributed by atoms with E-state index in [0.717, 1.165) is 0 Å². The first-order chi connectivity index (χ1) is 7.53. The van der Waals surface area contributed by atoms with E-state index in [2.05, 4.69) is 0 Å². The molecule has 0 aliphatic carbocycles. The quantitative estimate of drug-likeness (QED) is 0.808. The van der Waals surface area contributed by atoms with Crippen LogP contribution in [0.1, 0.15) is 32.3 Å². The van der Waals surface area contributed by atoms with Crippen LogP contribution < -0.4 is 0 Å². The summed E-state index contributed by atoms with van der Waals surface area (Å²) in [5.41, 5.74) is -0.683. The molecule has 1 unspecified atom stereocenters. The molecule has 1 rings (SSSR count). The van der Waals surface area contributed by atoms with Gasteiger partial charge in [0.25, 0.3) is 0 Å². The molecule has 0 radical (unpaired) electrons. The van der Waals surface area contributed by atoms with Gasteiger partial charge in [0.05, 0.1) is 11.7 Å². The molecular weight excluding hydrogens is 207 g/mol. The van der Waals surface area contributed by atoms with Crippen molar-refractivity contribution < 1.29 is 14.6 Å². The molecule has 1 aromatic rings. The maximum atomic E-state index is 13.4. The molecule has 2 N–H and O–H groups in total. The van der Waals surface area contributed by atoms with Crippen LogP contribution in [0.2, 0.25) is 0 Å². The van der Waals surface area contributed by atoms with Crippen LogP contribution in [0, 0.1) is 5.82 Å². The number of aliphatic hydroxyl groups excluding tert-OH is 1. The van der Waals surface area contributed by atoms with Crippen LogP contribution in [0.4, 0.5) is 4.39 Å². The van der Waals surface area contributed by atoms with Crippen LogP contribution >= 0.6 is 0 Å². The number of aliphatic hydroxyl groups is 2. The Bertz CT molecular complexity index is 334. The van der Waals surface area contributed by atoms with Crippen molar-refractivity contribution in [3.63, 3.8) is 0 Å². The Balaban J connectivity index is 2.78. The van der Waals surface area contributed by atoms with E-state index < -0.39 is 11.7 Å². The smallest absolute Gasteiger partial charge is 0.126 e. The molecule has 2 nitrogen and oxygen atoms in total. The lowest BCUT2D eigenvalue weighted by atomic mass is 9.87. The second kappa shape index (κ2) is 5.41. The van der Waals surface area contributed by atoms with Gasteiger partial charge in [-0.2, -0.15) is 0 Å². The maximum Gasteiger partial charge on any atom is 0.126 e. The zero-order valence-corrected chi connectivity index (χ0v) is 9.78. The molecule has 0 saturated carbocycles. The van der Waals surface area contributed by atoms with Crippen LogP contribution in [0.5, 0.6) is 0 Å². The van der Waals surface area contributed by atoms with Crippen molar-refractivity contribution in [1.82, 2.24) is 0 Å². The summed E-state index contributed by atoms with van der Waals surface area (Å²) in [5.74, 6) is -0.337. The van der Waals surface area contributed by atoms with E-state index in [1.165, 1.54) is 6.07 Å². The normalized spacial score (nSPS) is 13.8. The highest BCUT2D eigenvalue weighted by molar-refractivity contribution is 5.18. The number of hydrogen-bond acceptors (Lipinski definition) is 2. The van der Waals surface area contributed by atoms with Crippen molar-refractivity contribution in [2.75, 3.05) is 0 Å². The van der Waals surface area contributed by atoms with Crippen molar-refractivity contribution in [1.29, 1.82) is 0 Å². The molecule has 0 aliphatic rings. The van der Waals surface area contributed by atoms with Gasteiger partial charge >= 0.3 is 0 Å². The Morgan fingerprint density at radius 3 is 2.31 bits per heavy atom. The molecular formula is C13H19FO2. The second-order valence-corrected chi connectivity index (χ2v) is 4.12. The third-order valence-corrected chi connectivity index (χ3v) is 3.22. The van der Waals surface area contributed by atoms with Crippen molar-refractivity contribution in [3.8, 4) is 0 Å². The molecule has 0 bridgehead atoms. The van der Waals surface area contributed by atoms with E-state index in [1.54, 1.807) is 18.2 Å². The minimum absolute atomic E-state index is 0.144. The molecule has 0 saturated heterocycles. The highest BCUT2D eigenvalue weighted by Gasteiger charge is 2.32. The first-order valence-electron chi connectivity index (χ1n) is 5.67. The summed E-state index contributed by atoms with van der Waals surface area (Å²) in [5, 5.41) is 20.0. The van der Waals surface area contributed by atoms with Gasteiger partial charge in [0, 0.05) is 6.42 Å². The first kappa shape index (κ1) is 13.1. The van der Waals surface area contributed by atoms with Gasteiger partial charge in [0.15, 0.2) is 0 Å². The number of rotatable bonds is 5. The highest BCUT2D eigenvalue weighted by Crippen LogP contribution is 2.23. The largest absolute Gasteiger partial charge is 0.390 e. The third-order valence-electron chi connectivity index (χ3n) is 3.22. The minimum atomic E-state index is -1.12. The number of halogens is 1. The van der Waals surface area contributed by atoms with Gasteiger partial charge in [-0.05, 0) is 24.5 Å². The molecule has 0 spiro atoms. The van der Waals surface area contributed by atoms with Crippen LogP contribution in [0.15, 0.2) is 24.3 Å². The van der Waals surface area contributed by atoms with Gasteiger partial charge in [-0.3, -0.25) is 0 Å². The average Bonchev–Trinajstić information content (AvgIpc) is 2.31. The van der Waals surface area contributed by atoms with Crippen molar-refractivity contribution in [3.05, 3.63) is 35.6 Å². The van der Waals surface area contributed by atoms with Crippen molar-refractivity contribution in [2.24, 2.45) is 0 Å². The summed E-state index contributed by atoms with van der Waals surface area (Å²) in [6.45, 7) is 3.63. The lowest BCUT2D eigenvalue weighted by Crippen LogP contribution is -2.42. The van der Waals surface area contributed by atoms with E-state index in [4.69, 9.17) is 0 Å². The van der Waals surface area contributed by atoms with Crippen LogP contribution in [-0.2, 0) is 6.42 Å². The van der Waals surface area contributed by atoms with Gasteiger partial charge in [-0.25, -0.2) is 4.39 Å². The fourth-order valence-corrected chi connectivity index (χ4v) is 1.78. The van der Waals surface area contributed by atoms with Gasteiger partial charge in [0.1, 0.15) is 5.82 Å². The molecule has 1 atom stereocenters. The molecule has 3 heteroatoms. The lowest BCUT2D eigenvalue weighted by molar-refractivity contribution is -0.0792. The minimum Gasteiger partial charge on any atom is -0.390 e. The summed E-state index contributed by atoms with van der Waals surface area (Å²) in [4.78, 5) is 0. The predicted octanol–water partition coefficient (Wildman–Crippen LogP) is 2.28. The lowest BCUT2D eigenvalue weighted by Gasteiger charge is -2.31. The zero-order valence-electron chi connectivity index (χ0n) is 9.78. The Kier molecular flexibility index (Phi) is 4.44. The number of hydrogen-bond donors (Lipinski definition) is 2. The van der Waals surface area contributed by atoms with Gasteiger partial charge in [-0.15, -0.1) is 0 Å². The van der Waals surface area contributed by atoms with Crippen molar-refractivity contribution >= 4 is 0 Å². The molecule has 0 fully saturated rings. The highest BCUT2D eigenvalue weighted by atomic mass is 19.1. The summed E-state index contributed by atoms with van der Waals surface area (Å²) >= 11 is 0. The summed E-state index contributed by atoms with van der Waals surface area (Å²) in [7, 11) is 0. The average molecular weight is 226 g/mol. The summed E-state index contributed by atoms with van der Waals surface area (Å²) in [6, 6.07) is 6.32. The third kappa shape index (κ3) is 2.80. The van der Waals surface area contributed by atoms with E-state index in [-0.39, 0.29) is 12.2 Å². The zero-order chi connectivity index (χ0) is 12.2. The predicted molar refractivity (Wildman–Crippen MR) is 61.6 cm³/mol. The summed E-state index contributed by atoms with van der Waals surface area (Å²) < 4.78 is 13.4. The molecule has 0 heterocycles.